The molecule has 0 spiro atoms. The van der Waals surface area contributed by atoms with Gasteiger partial charge in [-0.3, -0.25) is 29.4 Å². The summed E-state index contributed by atoms with van der Waals surface area (Å²) in [5.41, 5.74) is 2.97. The van der Waals surface area contributed by atoms with E-state index in [1.54, 1.807) is 60.7 Å². The molecule has 0 aromatic heterocycles. The summed E-state index contributed by atoms with van der Waals surface area (Å²) in [5, 5.41) is 12.9. The van der Waals surface area contributed by atoms with Gasteiger partial charge in [0.2, 0.25) is 5.91 Å². The van der Waals surface area contributed by atoms with Gasteiger partial charge in [0.25, 0.3) is 16.8 Å². The summed E-state index contributed by atoms with van der Waals surface area (Å²) in [6.07, 6.45) is 1.57. The molecule has 4 rings (SSSR count). The summed E-state index contributed by atoms with van der Waals surface area (Å²) in [5.74, 6) is -0.480. The fourth-order valence-corrected chi connectivity index (χ4v) is 4.27. The van der Waals surface area contributed by atoms with Crippen LogP contribution in [0.3, 0.4) is 0 Å². The second kappa shape index (κ2) is 10.9. The number of rotatable bonds is 8. The molecule has 0 bridgehead atoms. The Morgan fingerprint density at radius 3 is 2.56 bits per heavy atom. The van der Waals surface area contributed by atoms with Crippen molar-refractivity contribution in [2.75, 3.05) is 11.9 Å². The summed E-state index contributed by atoms with van der Waals surface area (Å²) >= 11 is 0.770. The van der Waals surface area contributed by atoms with Crippen molar-refractivity contribution in [2.24, 2.45) is 0 Å². The average molecular weight is 504 g/mol. The number of nitro benzene ring substituents is 1. The number of anilines is 1. The quantitative estimate of drug-likeness (QED) is 0.256. The molecular formula is C26H21N3O6S. The van der Waals surface area contributed by atoms with Crippen molar-refractivity contribution in [3.63, 3.8) is 0 Å². The highest BCUT2D eigenvalue weighted by Gasteiger charge is 2.36. The average Bonchev–Trinajstić information content (AvgIpc) is 3.10. The van der Waals surface area contributed by atoms with Crippen molar-refractivity contribution >= 4 is 46.3 Å². The van der Waals surface area contributed by atoms with E-state index < -0.39 is 22.0 Å². The molecule has 1 aliphatic rings. The monoisotopic (exact) mass is 503 g/mol. The third-order valence-electron chi connectivity index (χ3n) is 5.19. The van der Waals surface area contributed by atoms with Gasteiger partial charge in [-0.1, -0.05) is 24.3 Å². The number of nitrogens with zero attached hydrogens (tertiary/aromatic N) is 2. The van der Waals surface area contributed by atoms with Gasteiger partial charge in [0.15, 0.2) is 0 Å². The Kier molecular flexibility index (Phi) is 7.45. The fourth-order valence-electron chi connectivity index (χ4n) is 3.43. The highest BCUT2D eigenvalue weighted by atomic mass is 32.2. The molecule has 3 aromatic carbocycles. The summed E-state index contributed by atoms with van der Waals surface area (Å²) in [6, 6.07) is 20.2. The van der Waals surface area contributed by atoms with Crippen molar-refractivity contribution in [1.29, 1.82) is 0 Å². The van der Waals surface area contributed by atoms with Crippen LogP contribution in [0.25, 0.3) is 6.08 Å². The minimum atomic E-state index is -0.540. The largest absolute Gasteiger partial charge is 0.489 e. The number of non-ortho nitro benzene ring substituents is 1. The SMILES string of the molecule is Cc1cccc(NC(=O)CN2C(=O)S/C(=C/c3cccc(OCc4ccc([N+](=O)[O-])cc4)c3)C2=O)c1. The Balaban J connectivity index is 1.38. The van der Waals surface area contributed by atoms with E-state index in [1.807, 2.05) is 13.0 Å². The van der Waals surface area contributed by atoms with Crippen LogP contribution in [0.4, 0.5) is 16.2 Å². The van der Waals surface area contributed by atoms with E-state index in [0.717, 1.165) is 27.8 Å². The van der Waals surface area contributed by atoms with E-state index in [1.165, 1.54) is 12.1 Å². The number of carbonyl (C=O) groups is 3. The van der Waals surface area contributed by atoms with Gasteiger partial charge < -0.3 is 10.1 Å². The van der Waals surface area contributed by atoms with Crippen molar-refractivity contribution in [2.45, 2.75) is 13.5 Å². The Hall–Kier alpha value is -4.44. The van der Waals surface area contributed by atoms with Crippen LogP contribution in [-0.2, 0) is 16.2 Å². The number of aryl methyl sites for hydroxylation is 1. The van der Waals surface area contributed by atoms with Crippen LogP contribution < -0.4 is 10.1 Å². The first-order chi connectivity index (χ1) is 17.3. The maximum Gasteiger partial charge on any atom is 0.294 e. The maximum atomic E-state index is 12.8. The molecule has 0 aliphatic carbocycles. The molecule has 1 aliphatic heterocycles. The number of thioether (sulfide) groups is 1. The van der Waals surface area contributed by atoms with Gasteiger partial charge in [0, 0.05) is 17.8 Å². The number of hydrogen-bond donors (Lipinski definition) is 1. The second-order valence-corrected chi connectivity index (χ2v) is 8.96. The molecular weight excluding hydrogens is 482 g/mol. The molecule has 1 N–H and O–H groups in total. The number of hydrogen-bond acceptors (Lipinski definition) is 7. The number of nitro groups is 1. The molecule has 3 aromatic rings. The van der Waals surface area contributed by atoms with Gasteiger partial charge in [-0.2, -0.15) is 0 Å². The molecule has 9 nitrogen and oxygen atoms in total. The molecule has 0 saturated carbocycles. The molecule has 1 saturated heterocycles. The van der Waals surface area contributed by atoms with Crippen LogP contribution in [0.1, 0.15) is 16.7 Å². The second-order valence-electron chi connectivity index (χ2n) is 7.97. The van der Waals surface area contributed by atoms with E-state index in [-0.39, 0.29) is 23.7 Å². The third-order valence-corrected chi connectivity index (χ3v) is 6.09. The first-order valence-electron chi connectivity index (χ1n) is 10.9. The van der Waals surface area contributed by atoms with Crippen LogP contribution in [-0.4, -0.2) is 33.4 Å². The zero-order valence-corrected chi connectivity index (χ0v) is 20.0. The van der Waals surface area contributed by atoms with Crippen molar-refractivity contribution in [3.05, 3.63) is 105 Å². The third kappa shape index (κ3) is 6.16. The lowest BCUT2D eigenvalue weighted by atomic mass is 10.2. The lowest BCUT2D eigenvalue weighted by Gasteiger charge is -2.12. The van der Waals surface area contributed by atoms with Crippen LogP contribution >= 0.6 is 11.8 Å². The van der Waals surface area contributed by atoms with Crippen molar-refractivity contribution in [3.8, 4) is 5.75 Å². The van der Waals surface area contributed by atoms with Crippen LogP contribution in [0, 0.1) is 17.0 Å². The number of imide groups is 1. The van der Waals surface area contributed by atoms with Gasteiger partial charge in [-0.15, -0.1) is 0 Å². The number of nitrogens with one attached hydrogen (secondary N) is 1. The number of amides is 3. The normalized spacial score (nSPS) is 14.2. The highest BCUT2D eigenvalue weighted by molar-refractivity contribution is 8.18. The van der Waals surface area contributed by atoms with Gasteiger partial charge in [-0.05, 0) is 77.9 Å². The smallest absolute Gasteiger partial charge is 0.294 e. The van der Waals surface area contributed by atoms with E-state index in [9.17, 15) is 24.5 Å². The zero-order chi connectivity index (χ0) is 25.7. The molecule has 0 atom stereocenters. The van der Waals surface area contributed by atoms with Crippen molar-refractivity contribution < 1.29 is 24.0 Å². The Morgan fingerprint density at radius 1 is 1.08 bits per heavy atom. The van der Waals surface area contributed by atoms with Gasteiger partial charge in [0.1, 0.15) is 18.9 Å². The standard InChI is InChI=1S/C26H21N3O6S/c1-17-4-2-6-20(12-17)27-24(30)15-28-25(31)23(36-26(28)32)14-19-5-3-7-22(13-19)35-16-18-8-10-21(11-9-18)29(33)34/h2-14H,15-16H2,1H3,(H,27,30)/b23-14+. The molecule has 0 radical (unpaired) electrons. The maximum absolute atomic E-state index is 12.8. The molecule has 1 fully saturated rings. The Labute approximate surface area is 210 Å². The molecule has 36 heavy (non-hydrogen) atoms. The highest BCUT2D eigenvalue weighted by Crippen LogP contribution is 2.32. The Morgan fingerprint density at radius 2 is 1.83 bits per heavy atom. The lowest BCUT2D eigenvalue weighted by molar-refractivity contribution is -0.384. The predicted molar refractivity (Wildman–Crippen MR) is 136 cm³/mol. The van der Waals surface area contributed by atoms with Gasteiger partial charge in [-0.25, -0.2) is 0 Å². The van der Waals surface area contributed by atoms with Crippen LogP contribution in [0.2, 0.25) is 0 Å². The van der Waals surface area contributed by atoms with E-state index >= 15 is 0 Å². The molecule has 1 heterocycles. The van der Waals surface area contributed by atoms with Gasteiger partial charge in [0.05, 0.1) is 9.83 Å². The first kappa shape index (κ1) is 24.7. The molecule has 10 heteroatoms. The molecule has 3 amide bonds. The number of benzene rings is 3. The molecule has 182 valence electrons. The van der Waals surface area contributed by atoms with E-state index in [2.05, 4.69) is 5.32 Å². The minimum absolute atomic E-state index is 0.00216. The summed E-state index contributed by atoms with van der Waals surface area (Å²) < 4.78 is 5.76. The minimum Gasteiger partial charge on any atom is -0.489 e. The fraction of sp³-hybridized carbons (Fsp3) is 0.115. The predicted octanol–water partition coefficient (Wildman–Crippen LogP) is 5.16. The van der Waals surface area contributed by atoms with Crippen LogP contribution in [0.15, 0.2) is 77.7 Å². The van der Waals surface area contributed by atoms with E-state index in [0.29, 0.717) is 17.0 Å². The summed E-state index contributed by atoms with van der Waals surface area (Å²) in [7, 11) is 0. The molecule has 0 unspecified atom stereocenters. The lowest BCUT2D eigenvalue weighted by Crippen LogP contribution is -2.36. The number of carbonyl (C=O) groups excluding carboxylic acids is 3. The van der Waals surface area contributed by atoms with E-state index in [4.69, 9.17) is 4.74 Å². The first-order valence-corrected chi connectivity index (χ1v) is 11.7. The van der Waals surface area contributed by atoms with Crippen molar-refractivity contribution in [1.82, 2.24) is 4.90 Å². The van der Waals surface area contributed by atoms with Gasteiger partial charge >= 0.3 is 0 Å². The van der Waals surface area contributed by atoms with Crippen LogP contribution in [0.5, 0.6) is 5.75 Å². The zero-order valence-electron chi connectivity index (χ0n) is 19.2. The topological polar surface area (TPSA) is 119 Å². The Bertz CT molecular complexity index is 1370. The summed E-state index contributed by atoms with van der Waals surface area (Å²) in [4.78, 5) is 49.0. The summed E-state index contributed by atoms with van der Waals surface area (Å²) in [6.45, 7) is 1.72. The number of ether oxygens (including phenoxy) is 1.